The summed E-state index contributed by atoms with van der Waals surface area (Å²) >= 11 is 0. The zero-order chi connectivity index (χ0) is 8.27. The van der Waals surface area contributed by atoms with Gasteiger partial charge in [0.25, 0.3) is 0 Å². The van der Waals surface area contributed by atoms with E-state index in [1.54, 1.807) is 0 Å². The molecule has 0 amide bonds. The van der Waals surface area contributed by atoms with Crippen LogP contribution in [-0.4, -0.2) is 35.7 Å². The van der Waals surface area contributed by atoms with Gasteiger partial charge in [-0.3, -0.25) is 0 Å². The van der Waals surface area contributed by atoms with Crippen molar-refractivity contribution in [1.82, 2.24) is 4.90 Å². The standard InChI is InChI=1S/C9H19NO/c1-3-8-5-6-10(4-2)7-9(8)11/h8-9,11H,3-7H2,1-2H3/t8-,9+/m1/s1. The Labute approximate surface area is 69.2 Å². The average molecular weight is 157 g/mol. The number of hydrogen-bond donors (Lipinski definition) is 1. The highest BCUT2D eigenvalue weighted by atomic mass is 16.3. The quantitative estimate of drug-likeness (QED) is 0.649. The lowest BCUT2D eigenvalue weighted by molar-refractivity contribution is 0.0226. The molecule has 1 rings (SSSR count). The van der Waals surface area contributed by atoms with Gasteiger partial charge < -0.3 is 10.0 Å². The molecule has 11 heavy (non-hydrogen) atoms. The number of likely N-dealkylation sites (tertiary alicyclic amines) is 1. The Hall–Kier alpha value is -0.0800. The van der Waals surface area contributed by atoms with Crippen LogP contribution in [0.4, 0.5) is 0 Å². The molecule has 1 saturated heterocycles. The van der Waals surface area contributed by atoms with E-state index in [2.05, 4.69) is 18.7 Å². The van der Waals surface area contributed by atoms with Crippen molar-refractivity contribution in [2.24, 2.45) is 5.92 Å². The van der Waals surface area contributed by atoms with Gasteiger partial charge in [-0.25, -0.2) is 0 Å². The van der Waals surface area contributed by atoms with E-state index in [0.29, 0.717) is 5.92 Å². The van der Waals surface area contributed by atoms with Gasteiger partial charge in [0.2, 0.25) is 0 Å². The lowest BCUT2D eigenvalue weighted by atomic mass is 9.92. The Bertz CT molecular complexity index is 116. The number of rotatable bonds is 2. The van der Waals surface area contributed by atoms with Crippen LogP contribution in [0, 0.1) is 5.92 Å². The number of aliphatic hydroxyl groups is 1. The molecule has 0 unspecified atom stereocenters. The summed E-state index contributed by atoms with van der Waals surface area (Å²) in [5.41, 5.74) is 0. The summed E-state index contributed by atoms with van der Waals surface area (Å²) in [6.07, 6.45) is 2.22. The number of aliphatic hydroxyl groups excluding tert-OH is 1. The lowest BCUT2D eigenvalue weighted by Gasteiger charge is -2.34. The van der Waals surface area contributed by atoms with E-state index < -0.39 is 0 Å². The largest absolute Gasteiger partial charge is 0.392 e. The Kier molecular flexibility index (Phi) is 3.34. The third-order valence-corrected chi connectivity index (χ3v) is 2.78. The van der Waals surface area contributed by atoms with Crippen LogP contribution in [0.25, 0.3) is 0 Å². The van der Waals surface area contributed by atoms with Crippen molar-refractivity contribution >= 4 is 0 Å². The molecule has 2 atom stereocenters. The minimum atomic E-state index is -0.0753. The van der Waals surface area contributed by atoms with Gasteiger partial charge in [0.15, 0.2) is 0 Å². The van der Waals surface area contributed by atoms with Crippen LogP contribution in [0.3, 0.4) is 0 Å². The Morgan fingerprint density at radius 2 is 2.18 bits per heavy atom. The van der Waals surface area contributed by atoms with Crippen molar-refractivity contribution in [3.05, 3.63) is 0 Å². The second-order valence-electron chi connectivity index (χ2n) is 3.42. The third kappa shape index (κ3) is 2.17. The lowest BCUT2D eigenvalue weighted by Crippen LogP contribution is -2.43. The van der Waals surface area contributed by atoms with E-state index >= 15 is 0 Å². The van der Waals surface area contributed by atoms with Gasteiger partial charge in [-0.1, -0.05) is 20.3 Å². The zero-order valence-electron chi connectivity index (χ0n) is 7.58. The van der Waals surface area contributed by atoms with Gasteiger partial charge in [0.1, 0.15) is 0 Å². The van der Waals surface area contributed by atoms with Crippen molar-refractivity contribution in [3.63, 3.8) is 0 Å². The summed E-state index contributed by atoms with van der Waals surface area (Å²) in [5.74, 6) is 0.554. The molecule has 0 spiro atoms. The van der Waals surface area contributed by atoms with Gasteiger partial charge in [-0.05, 0) is 25.4 Å². The summed E-state index contributed by atoms with van der Waals surface area (Å²) in [7, 11) is 0. The fraction of sp³-hybridized carbons (Fsp3) is 1.00. The van der Waals surface area contributed by atoms with Crippen LogP contribution in [0.2, 0.25) is 0 Å². The molecule has 0 aromatic carbocycles. The average Bonchev–Trinajstić information content (AvgIpc) is 2.04. The first-order valence-electron chi connectivity index (χ1n) is 4.68. The van der Waals surface area contributed by atoms with E-state index in [0.717, 1.165) is 19.5 Å². The van der Waals surface area contributed by atoms with Crippen molar-refractivity contribution in [2.75, 3.05) is 19.6 Å². The van der Waals surface area contributed by atoms with Gasteiger partial charge in [0.05, 0.1) is 6.10 Å². The predicted octanol–water partition coefficient (Wildman–Crippen LogP) is 1.10. The predicted molar refractivity (Wildman–Crippen MR) is 46.5 cm³/mol. The van der Waals surface area contributed by atoms with Gasteiger partial charge in [-0.15, -0.1) is 0 Å². The van der Waals surface area contributed by atoms with Crippen LogP contribution < -0.4 is 0 Å². The summed E-state index contributed by atoms with van der Waals surface area (Å²) in [5, 5.41) is 9.63. The Morgan fingerprint density at radius 1 is 1.45 bits per heavy atom. The van der Waals surface area contributed by atoms with Gasteiger partial charge >= 0.3 is 0 Å². The number of likely N-dealkylation sites (N-methyl/N-ethyl adjacent to an activating group) is 1. The second-order valence-corrected chi connectivity index (χ2v) is 3.42. The molecule has 2 heteroatoms. The molecule has 1 aliphatic rings. The summed E-state index contributed by atoms with van der Waals surface area (Å²) in [4.78, 5) is 2.32. The van der Waals surface area contributed by atoms with E-state index in [4.69, 9.17) is 0 Å². The molecule has 0 radical (unpaired) electrons. The Balaban J connectivity index is 2.34. The highest BCUT2D eigenvalue weighted by Gasteiger charge is 2.24. The van der Waals surface area contributed by atoms with Crippen LogP contribution in [0.5, 0.6) is 0 Å². The SMILES string of the molecule is CC[C@@H]1CCN(CC)C[C@@H]1O. The zero-order valence-corrected chi connectivity index (χ0v) is 7.58. The fourth-order valence-electron chi connectivity index (χ4n) is 1.81. The normalized spacial score (nSPS) is 34.1. The van der Waals surface area contributed by atoms with Crippen LogP contribution in [0.15, 0.2) is 0 Å². The molecule has 1 aliphatic heterocycles. The first-order chi connectivity index (χ1) is 5.27. The maximum Gasteiger partial charge on any atom is 0.0695 e. The fourth-order valence-corrected chi connectivity index (χ4v) is 1.81. The number of hydrogen-bond acceptors (Lipinski definition) is 2. The van der Waals surface area contributed by atoms with Gasteiger partial charge in [0, 0.05) is 6.54 Å². The van der Waals surface area contributed by atoms with Crippen LogP contribution in [0.1, 0.15) is 26.7 Å². The molecule has 0 saturated carbocycles. The second kappa shape index (κ2) is 4.07. The van der Waals surface area contributed by atoms with Crippen LogP contribution in [-0.2, 0) is 0 Å². The smallest absolute Gasteiger partial charge is 0.0695 e. The molecule has 1 heterocycles. The molecule has 1 fully saturated rings. The maximum atomic E-state index is 9.63. The third-order valence-electron chi connectivity index (χ3n) is 2.78. The van der Waals surface area contributed by atoms with Gasteiger partial charge in [-0.2, -0.15) is 0 Å². The van der Waals surface area contributed by atoms with Crippen LogP contribution >= 0.6 is 0 Å². The van der Waals surface area contributed by atoms with Crippen molar-refractivity contribution in [1.29, 1.82) is 0 Å². The monoisotopic (exact) mass is 157 g/mol. The molecule has 0 bridgehead atoms. The molecular weight excluding hydrogens is 138 g/mol. The molecule has 0 aromatic rings. The molecule has 0 aliphatic carbocycles. The topological polar surface area (TPSA) is 23.5 Å². The Morgan fingerprint density at radius 3 is 2.64 bits per heavy atom. The van der Waals surface area contributed by atoms with Crippen molar-refractivity contribution in [2.45, 2.75) is 32.8 Å². The number of nitrogens with zero attached hydrogens (tertiary/aromatic N) is 1. The molecule has 1 N–H and O–H groups in total. The van der Waals surface area contributed by atoms with Crippen molar-refractivity contribution < 1.29 is 5.11 Å². The minimum Gasteiger partial charge on any atom is -0.392 e. The molecule has 66 valence electrons. The first-order valence-corrected chi connectivity index (χ1v) is 4.68. The molecule has 2 nitrogen and oxygen atoms in total. The summed E-state index contributed by atoms with van der Waals surface area (Å²) in [6.45, 7) is 7.45. The molecule has 0 aromatic heterocycles. The summed E-state index contributed by atoms with van der Waals surface area (Å²) in [6, 6.07) is 0. The van der Waals surface area contributed by atoms with E-state index in [-0.39, 0.29) is 6.10 Å². The highest BCUT2D eigenvalue weighted by molar-refractivity contribution is 4.78. The minimum absolute atomic E-state index is 0.0753. The maximum absolute atomic E-state index is 9.63. The van der Waals surface area contributed by atoms with E-state index in [9.17, 15) is 5.11 Å². The first kappa shape index (κ1) is 9.01. The molecular formula is C9H19NO. The summed E-state index contributed by atoms with van der Waals surface area (Å²) < 4.78 is 0. The van der Waals surface area contributed by atoms with E-state index in [1.165, 1.54) is 13.0 Å². The van der Waals surface area contributed by atoms with Crippen molar-refractivity contribution in [3.8, 4) is 0 Å². The highest BCUT2D eigenvalue weighted by Crippen LogP contribution is 2.19. The number of piperidine rings is 1. The number of β-amino-alcohol motifs (C(OH)–C–C–N with tert-alkyl or cyclic N) is 1. The van der Waals surface area contributed by atoms with E-state index in [1.807, 2.05) is 0 Å².